The highest BCUT2D eigenvalue weighted by Crippen LogP contribution is 2.44. The molecule has 1 saturated carbocycles. The van der Waals surface area contributed by atoms with Gasteiger partial charge in [0.15, 0.2) is 0 Å². The molecule has 43 heavy (non-hydrogen) atoms. The number of carbonyl (C=O) groups excluding carboxylic acids is 1. The third-order valence-electron chi connectivity index (χ3n) is 7.49. The minimum Gasteiger partial charge on any atom is -0.495 e. The molecule has 1 spiro atoms. The Kier molecular flexibility index (Phi) is 9.02. The van der Waals surface area contributed by atoms with E-state index in [0.717, 1.165) is 25.3 Å². The van der Waals surface area contributed by atoms with Crippen molar-refractivity contribution < 1.29 is 19.4 Å². The number of aliphatic hydroxyl groups is 1. The van der Waals surface area contributed by atoms with Crippen molar-refractivity contribution in [1.82, 2.24) is 15.3 Å². The monoisotopic (exact) mass is 628 g/mol. The van der Waals surface area contributed by atoms with Crippen molar-refractivity contribution in [2.45, 2.75) is 24.6 Å². The Bertz CT molecular complexity index is 1490. The number of amides is 2. The zero-order valence-corrected chi connectivity index (χ0v) is 25.6. The Balaban J connectivity index is 1.36. The lowest BCUT2D eigenvalue weighted by atomic mass is 10.1. The number of piperazine rings is 1. The van der Waals surface area contributed by atoms with Crippen LogP contribution in [0.15, 0.2) is 49.3 Å². The molecule has 0 bridgehead atoms. The number of urea groups is 1. The normalized spacial score (nSPS) is 15.8. The van der Waals surface area contributed by atoms with Gasteiger partial charge in [-0.2, -0.15) is 0 Å². The van der Waals surface area contributed by atoms with Crippen molar-refractivity contribution in [3.63, 3.8) is 0 Å². The number of anilines is 6. The summed E-state index contributed by atoms with van der Waals surface area (Å²) >= 11 is 12.8. The van der Waals surface area contributed by atoms with Gasteiger partial charge in [0.25, 0.3) is 0 Å². The fourth-order valence-electron chi connectivity index (χ4n) is 4.87. The predicted molar refractivity (Wildman–Crippen MR) is 171 cm³/mol. The molecule has 2 amide bonds. The predicted octanol–water partition coefficient (Wildman–Crippen LogP) is 5.07. The van der Waals surface area contributed by atoms with Crippen molar-refractivity contribution >= 4 is 63.6 Å². The largest absolute Gasteiger partial charge is 0.495 e. The third-order valence-corrected chi connectivity index (χ3v) is 8.24. The molecule has 2 fully saturated rings. The minimum atomic E-state index is -0.960. The topological polar surface area (TPSA) is 136 Å². The smallest absolute Gasteiger partial charge is 0.327 e. The highest BCUT2D eigenvalue weighted by molar-refractivity contribution is 6.41. The molecular weight excluding hydrogens is 595 g/mol. The average molecular weight is 630 g/mol. The van der Waals surface area contributed by atoms with E-state index in [2.05, 4.69) is 42.7 Å². The van der Waals surface area contributed by atoms with Crippen LogP contribution in [0.25, 0.3) is 0 Å². The molecule has 1 atom stereocenters. The van der Waals surface area contributed by atoms with Crippen LogP contribution in [0.4, 0.5) is 39.2 Å². The van der Waals surface area contributed by atoms with Gasteiger partial charge in [-0.3, -0.25) is 4.90 Å². The second-order valence-electron chi connectivity index (χ2n) is 10.3. The number of nitrogens with zero attached hydrogens (tertiary/aromatic N) is 4. The maximum absolute atomic E-state index is 13.2. The average Bonchev–Trinajstić information content (AvgIpc) is 3.77. The maximum Gasteiger partial charge on any atom is 0.327 e. The van der Waals surface area contributed by atoms with Gasteiger partial charge in [-0.1, -0.05) is 29.8 Å². The molecule has 5 N–H and O–H groups in total. The molecule has 2 aromatic carbocycles. The number of aromatic nitrogens is 2. The van der Waals surface area contributed by atoms with E-state index < -0.39 is 12.3 Å². The number of hydrogen-bond donors (Lipinski definition) is 5. The van der Waals surface area contributed by atoms with Gasteiger partial charge in [-0.15, -0.1) is 0 Å². The van der Waals surface area contributed by atoms with Gasteiger partial charge >= 0.3 is 6.03 Å². The van der Waals surface area contributed by atoms with Crippen LogP contribution in [-0.4, -0.2) is 73.8 Å². The Labute approximate surface area is 260 Å². The van der Waals surface area contributed by atoms with E-state index in [4.69, 9.17) is 32.7 Å². The summed E-state index contributed by atoms with van der Waals surface area (Å²) in [4.78, 5) is 25.4. The van der Waals surface area contributed by atoms with Gasteiger partial charge in [-0.05, 0) is 37.1 Å². The molecule has 1 unspecified atom stereocenters. The van der Waals surface area contributed by atoms with E-state index in [-0.39, 0.29) is 32.8 Å². The second-order valence-corrected chi connectivity index (χ2v) is 11.1. The standard InChI is InChI=1S/C29H34Cl2N8O4/c1-5-24(40)36-19-12-17(39-11-10-34-29(15-39)8-9-29)6-7-18(19)35-22-14-23(33-16-32-22)38(2)28(41)37-27-25(30)20(42-3)13-21(43-4)26(27)31/h5-7,12-14,16,24,34,36,40H,1,8-11,15H2,2-4H3,(H,37,41)(H,32,33,35). The summed E-state index contributed by atoms with van der Waals surface area (Å²) in [5.41, 5.74) is 2.73. The molecule has 228 valence electrons. The molecular formula is C29H34Cl2N8O4. The van der Waals surface area contributed by atoms with Crippen LogP contribution in [0.3, 0.4) is 0 Å². The Hall–Kier alpha value is -3.97. The van der Waals surface area contributed by atoms with Crippen molar-refractivity contribution in [3.8, 4) is 11.5 Å². The fourth-order valence-corrected chi connectivity index (χ4v) is 5.46. The lowest BCUT2D eigenvalue weighted by Crippen LogP contribution is -2.52. The summed E-state index contributed by atoms with van der Waals surface area (Å²) in [5.74, 6) is 1.29. The number of halogens is 2. The van der Waals surface area contributed by atoms with Crippen LogP contribution in [0.5, 0.6) is 11.5 Å². The number of rotatable bonds is 10. The number of carbonyl (C=O) groups is 1. The summed E-state index contributed by atoms with van der Waals surface area (Å²) in [6.45, 7) is 6.42. The molecule has 1 aliphatic carbocycles. The summed E-state index contributed by atoms with van der Waals surface area (Å²) in [6.07, 6.45) is 4.15. The number of benzene rings is 2. The number of ether oxygens (including phenoxy) is 2. The Morgan fingerprint density at radius 3 is 2.53 bits per heavy atom. The fraction of sp³-hybridized carbons (Fsp3) is 0.345. The van der Waals surface area contributed by atoms with Gasteiger partial charge in [-0.25, -0.2) is 14.8 Å². The van der Waals surface area contributed by atoms with Crippen molar-refractivity contribution in [2.75, 3.05) is 66.7 Å². The van der Waals surface area contributed by atoms with Crippen LogP contribution in [0, 0.1) is 0 Å². The lowest BCUT2D eigenvalue weighted by Gasteiger charge is -2.36. The van der Waals surface area contributed by atoms with Gasteiger partial charge in [0, 0.05) is 50.0 Å². The molecule has 0 radical (unpaired) electrons. The zero-order valence-electron chi connectivity index (χ0n) is 24.1. The third kappa shape index (κ3) is 6.67. The number of aliphatic hydroxyl groups excluding tert-OH is 1. The molecule has 1 aliphatic heterocycles. The molecule has 14 heteroatoms. The van der Waals surface area contributed by atoms with Crippen molar-refractivity contribution in [1.29, 1.82) is 0 Å². The van der Waals surface area contributed by atoms with Gasteiger partial charge in [0.1, 0.15) is 45.7 Å². The van der Waals surface area contributed by atoms with Crippen LogP contribution < -0.4 is 40.5 Å². The van der Waals surface area contributed by atoms with Crippen molar-refractivity contribution in [3.05, 3.63) is 59.4 Å². The molecule has 12 nitrogen and oxygen atoms in total. The minimum absolute atomic E-state index is 0.124. The molecule has 5 rings (SSSR count). The van der Waals surface area contributed by atoms with Crippen LogP contribution in [-0.2, 0) is 0 Å². The lowest BCUT2D eigenvalue weighted by molar-refractivity contribution is 0.253. The molecule has 2 heterocycles. The van der Waals surface area contributed by atoms with E-state index in [1.165, 1.54) is 50.4 Å². The first-order chi connectivity index (χ1) is 20.7. The summed E-state index contributed by atoms with van der Waals surface area (Å²) < 4.78 is 10.6. The number of hydrogen-bond acceptors (Lipinski definition) is 10. The second kappa shape index (κ2) is 12.7. The first-order valence-electron chi connectivity index (χ1n) is 13.6. The van der Waals surface area contributed by atoms with Gasteiger partial charge in [0.05, 0.1) is 31.3 Å². The summed E-state index contributed by atoms with van der Waals surface area (Å²) in [7, 11) is 4.44. The molecule has 2 aliphatic rings. The molecule has 3 aromatic rings. The van der Waals surface area contributed by atoms with E-state index in [1.807, 2.05) is 18.2 Å². The SMILES string of the molecule is C=CC(O)Nc1cc(N2CCNC3(CC3)C2)ccc1Nc1cc(N(C)C(=O)Nc2c(Cl)c(OC)cc(OC)c2Cl)ncn1. The van der Waals surface area contributed by atoms with Crippen molar-refractivity contribution in [2.24, 2.45) is 0 Å². The van der Waals surface area contributed by atoms with E-state index in [0.29, 0.717) is 23.0 Å². The Morgan fingerprint density at radius 2 is 1.88 bits per heavy atom. The zero-order chi connectivity index (χ0) is 30.7. The number of methoxy groups -OCH3 is 2. The van der Waals surface area contributed by atoms with E-state index in [1.54, 1.807) is 13.1 Å². The van der Waals surface area contributed by atoms with Gasteiger partial charge < -0.3 is 40.7 Å². The molecule has 1 saturated heterocycles. The number of nitrogens with one attached hydrogen (secondary N) is 4. The first-order valence-corrected chi connectivity index (χ1v) is 14.4. The first kappa shape index (κ1) is 30.5. The molecule has 1 aromatic heterocycles. The van der Waals surface area contributed by atoms with Crippen LogP contribution in [0.2, 0.25) is 10.0 Å². The summed E-state index contributed by atoms with van der Waals surface area (Å²) in [6, 6.07) is 8.54. The van der Waals surface area contributed by atoms with Crippen LogP contribution in [0.1, 0.15) is 12.8 Å². The highest BCUT2D eigenvalue weighted by Gasteiger charge is 2.45. The van der Waals surface area contributed by atoms with Gasteiger partial charge in [0.2, 0.25) is 0 Å². The quantitative estimate of drug-likeness (QED) is 0.153. The van der Waals surface area contributed by atoms with Crippen LogP contribution >= 0.6 is 23.2 Å². The summed E-state index contributed by atoms with van der Waals surface area (Å²) in [5, 5.41) is 23.2. The van der Waals surface area contributed by atoms with E-state index >= 15 is 0 Å². The Morgan fingerprint density at radius 1 is 1.16 bits per heavy atom. The highest BCUT2D eigenvalue weighted by atomic mass is 35.5. The van der Waals surface area contributed by atoms with E-state index in [9.17, 15) is 9.90 Å². The maximum atomic E-state index is 13.2.